The number of phosphoric acid groups is 1. The van der Waals surface area contributed by atoms with Gasteiger partial charge in [0.25, 0.3) is 0 Å². The summed E-state index contributed by atoms with van der Waals surface area (Å²) in [5, 5.41) is 0. The zero-order chi connectivity index (χ0) is 9.83. The Morgan fingerprint density at radius 3 is 2.50 bits per heavy atom. The molecule has 0 aliphatic heterocycles. The Kier molecular flexibility index (Phi) is 4.76. The summed E-state index contributed by atoms with van der Waals surface area (Å²) in [6.07, 6.45) is 1.01. The molecular formula is C5H14NO4PS. The van der Waals surface area contributed by atoms with Crippen LogP contribution in [0.25, 0.3) is 0 Å². The van der Waals surface area contributed by atoms with E-state index in [-0.39, 0.29) is 0 Å². The minimum absolute atomic E-state index is 0.363. The quantitative estimate of drug-likeness (QED) is 0.304. The van der Waals surface area contributed by atoms with Crippen molar-refractivity contribution < 1.29 is 18.9 Å². The molecule has 0 amide bonds. The second-order valence-corrected chi connectivity index (χ2v) is 4.33. The van der Waals surface area contributed by atoms with Gasteiger partial charge in [-0.25, -0.2) is 4.57 Å². The van der Waals surface area contributed by atoms with Crippen molar-refractivity contribution in [3.63, 3.8) is 0 Å². The Morgan fingerprint density at radius 2 is 2.17 bits per heavy atom. The van der Waals surface area contributed by atoms with Crippen LogP contribution in [-0.2, 0) is 9.09 Å². The van der Waals surface area contributed by atoms with Gasteiger partial charge in [-0.05, 0) is 25.5 Å². The van der Waals surface area contributed by atoms with Crippen LogP contribution in [0.5, 0.6) is 0 Å². The molecule has 1 atom stereocenters. The molecule has 4 N–H and O–H groups in total. The third-order valence-corrected chi connectivity index (χ3v) is 2.13. The minimum atomic E-state index is -4.48. The molecule has 0 aromatic heterocycles. The summed E-state index contributed by atoms with van der Waals surface area (Å²) >= 11 is 3.94. The zero-order valence-electron chi connectivity index (χ0n) is 6.80. The second kappa shape index (κ2) is 4.60. The van der Waals surface area contributed by atoms with Crippen LogP contribution in [0.2, 0.25) is 0 Å². The van der Waals surface area contributed by atoms with Gasteiger partial charge in [0.15, 0.2) is 0 Å². The first-order valence-corrected chi connectivity index (χ1v) is 5.59. The van der Waals surface area contributed by atoms with E-state index in [1.54, 1.807) is 0 Å². The van der Waals surface area contributed by atoms with Crippen molar-refractivity contribution in [1.29, 1.82) is 0 Å². The molecular weight excluding hydrogens is 201 g/mol. The topological polar surface area (TPSA) is 92.8 Å². The molecule has 0 spiro atoms. The highest BCUT2D eigenvalue weighted by molar-refractivity contribution is 7.80. The van der Waals surface area contributed by atoms with E-state index in [1.165, 1.54) is 6.92 Å². The number of hydrogen-bond donors (Lipinski definition) is 4. The fraction of sp³-hybridized carbons (Fsp3) is 1.00. The van der Waals surface area contributed by atoms with Crippen molar-refractivity contribution in [1.82, 2.24) is 0 Å². The van der Waals surface area contributed by atoms with Gasteiger partial charge >= 0.3 is 7.82 Å². The highest BCUT2D eigenvalue weighted by Crippen LogP contribution is 2.40. The van der Waals surface area contributed by atoms with E-state index in [1.807, 2.05) is 0 Å². The molecule has 0 aromatic rings. The van der Waals surface area contributed by atoms with Crippen LogP contribution in [0.15, 0.2) is 0 Å². The summed E-state index contributed by atoms with van der Waals surface area (Å²) in [6, 6.07) is 0. The highest BCUT2D eigenvalue weighted by atomic mass is 32.1. The molecule has 74 valence electrons. The Morgan fingerprint density at radius 1 is 1.67 bits per heavy atom. The second-order valence-electron chi connectivity index (χ2n) is 2.72. The maximum Gasteiger partial charge on any atom is 0.471 e. The van der Waals surface area contributed by atoms with Gasteiger partial charge in [-0.2, -0.15) is 12.6 Å². The van der Waals surface area contributed by atoms with Crippen LogP contribution in [0.3, 0.4) is 0 Å². The Labute approximate surface area is 76.9 Å². The van der Waals surface area contributed by atoms with Crippen LogP contribution in [-0.4, -0.2) is 21.3 Å². The summed E-state index contributed by atoms with van der Waals surface area (Å²) in [6.45, 7) is 1.43. The van der Waals surface area contributed by atoms with E-state index in [9.17, 15) is 4.57 Å². The molecule has 1 unspecified atom stereocenters. The standard InChI is InChI=1S/C5H14NO4PS/c1-5(6,3-2-4-12)10-11(7,8)9/h12H,2-4,6H2,1H3,(H2,7,8,9). The summed E-state index contributed by atoms with van der Waals surface area (Å²) in [5.41, 5.74) is 4.16. The third kappa shape index (κ3) is 7.09. The first kappa shape index (κ1) is 12.4. The maximum absolute atomic E-state index is 10.4. The van der Waals surface area contributed by atoms with Gasteiger partial charge in [0.2, 0.25) is 0 Å². The first-order chi connectivity index (χ1) is 5.27. The lowest BCUT2D eigenvalue weighted by Gasteiger charge is -2.24. The number of rotatable bonds is 5. The van der Waals surface area contributed by atoms with E-state index >= 15 is 0 Å². The third-order valence-electron chi connectivity index (χ3n) is 1.16. The molecule has 0 bridgehead atoms. The SMILES string of the molecule is CC(N)(CCCS)OP(=O)(O)O. The van der Waals surface area contributed by atoms with Crippen LogP contribution in [0.4, 0.5) is 0 Å². The smallest absolute Gasteiger partial charge is 0.303 e. The van der Waals surface area contributed by atoms with E-state index in [0.717, 1.165) is 0 Å². The summed E-state index contributed by atoms with van der Waals surface area (Å²) < 4.78 is 14.7. The average molecular weight is 215 g/mol. The lowest BCUT2D eigenvalue weighted by molar-refractivity contribution is 0.0473. The normalized spacial score (nSPS) is 17.4. The van der Waals surface area contributed by atoms with Crippen molar-refractivity contribution in [3.8, 4) is 0 Å². The van der Waals surface area contributed by atoms with Crippen molar-refractivity contribution in [2.45, 2.75) is 25.5 Å². The average Bonchev–Trinajstić information content (AvgIpc) is 1.78. The lowest BCUT2D eigenvalue weighted by atomic mass is 10.1. The van der Waals surface area contributed by atoms with Crippen molar-refractivity contribution in [2.75, 3.05) is 5.75 Å². The van der Waals surface area contributed by atoms with Crippen molar-refractivity contribution >= 4 is 20.5 Å². The fourth-order valence-electron chi connectivity index (χ4n) is 0.747. The molecule has 0 saturated carbocycles. The Hall–Kier alpha value is 0.420. The molecule has 0 fully saturated rings. The monoisotopic (exact) mass is 215 g/mol. The number of thiol groups is 1. The van der Waals surface area contributed by atoms with E-state index in [0.29, 0.717) is 18.6 Å². The predicted molar refractivity (Wildman–Crippen MR) is 48.8 cm³/mol. The molecule has 0 heterocycles. The molecule has 0 radical (unpaired) electrons. The molecule has 5 nitrogen and oxygen atoms in total. The number of nitrogens with two attached hydrogens (primary N) is 1. The summed E-state index contributed by atoms with van der Waals surface area (Å²) in [7, 11) is -4.48. The van der Waals surface area contributed by atoms with Crippen molar-refractivity contribution in [2.24, 2.45) is 5.73 Å². The van der Waals surface area contributed by atoms with Crippen LogP contribution >= 0.6 is 20.5 Å². The molecule has 12 heavy (non-hydrogen) atoms. The first-order valence-electron chi connectivity index (χ1n) is 3.43. The van der Waals surface area contributed by atoms with Crippen LogP contribution in [0, 0.1) is 0 Å². The van der Waals surface area contributed by atoms with Gasteiger partial charge in [0.05, 0.1) is 0 Å². The largest absolute Gasteiger partial charge is 0.471 e. The van der Waals surface area contributed by atoms with Crippen LogP contribution in [0.1, 0.15) is 19.8 Å². The van der Waals surface area contributed by atoms with Gasteiger partial charge in [-0.3, -0.25) is 4.52 Å². The summed E-state index contributed by atoms with van der Waals surface area (Å²) in [4.78, 5) is 16.9. The predicted octanol–water partition coefficient (Wildman–Crippen LogP) is 0.481. The Balaban J connectivity index is 3.95. The van der Waals surface area contributed by atoms with Gasteiger partial charge in [-0.1, -0.05) is 0 Å². The lowest BCUT2D eigenvalue weighted by Crippen LogP contribution is -2.38. The highest BCUT2D eigenvalue weighted by Gasteiger charge is 2.28. The molecule has 0 aromatic carbocycles. The fourth-order valence-corrected chi connectivity index (χ4v) is 1.54. The molecule has 0 rings (SSSR count). The number of phosphoric ester groups is 1. The van der Waals surface area contributed by atoms with Gasteiger partial charge in [0.1, 0.15) is 5.72 Å². The van der Waals surface area contributed by atoms with E-state index in [4.69, 9.17) is 15.5 Å². The van der Waals surface area contributed by atoms with Gasteiger partial charge in [-0.15, -0.1) is 0 Å². The minimum Gasteiger partial charge on any atom is -0.303 e. The van der Waals surface area contributed by atoms with Crippen molar-refractivity contribution in [3.05, 3.63) is 0 Å². The summed E-state index contributed by atoms with van der Waals surface area (Å²) in [5.74, 6) is 0.608. The number of hydrogen-bond acceptors (Lipinski definition) is 4. The van der Waals surface area contributed by atoms with Gasteiger partial charge < -0.3 is 15.5 Å². The van der Waals surface area contributed by atoms with E-state index in [2.05, 4.69) is 17.2 Å². The molecule has 0 aliphatic rings. The Bertz CT molecular complexity index is 180. The maximum atomic E-state index is 10.4. The molecule has 0 aliphatic carbocycles. The zero-order valence-corrected chi connectivity index (χ0v) is 8.59. The van der Waals surface area contributed by atoms with Crippen LogP contribution < -0.4 is 5.73 Å². The van der Waals surface area contributed by atoms with Gasteiger partial charge in [0, 0.05) is 0 Å². The van der Waals surface area contributed by atoms with E-state index < -0.39 is 13.5 Å². The molecule has 0 saturated heterocycles. The molecule has 7 heteroatoms.